The summed E-state index contributed by atoms with van der Waals surface area (Å²) in [4.78, 5) is 24.6. The molecule has 0 spiro atoms. The van der Waals surface area contributed by atoms with Crippen molar-refractivity contribution in [3.63, 3.8) is 0 Å². The molecule has 2 amide bonds. The minimum atomic E-state index is -0.0645. The number of hydrogen-bond donors (Lipinski definition) is 2. The number of benzene rings is 2. The summed E-state index contributed by atoms with van der Waals surface area (Å²) in [6, 6.07) is 14.3. The fourth-order valence-electron chi connectivity index (χ4n) is 3.70. The first-order valence-electron chi connectivity index (χ1n) is 13.8. The minimum Gasteiger partial charge on any atom is -0.491 e. The first-order valence-corrected chi connectivity index (χ1v) is 13.8. The van der Waals surface area contributed by atoms with Crippen LogP contribution in [-0.4, -0.2) is 64.5 Å². The zero-order valence-corrected chi connectivity index (χ0v) is 23.0. The molecule has 0 atom stereocenters. The summed E-state index contributed by atoms with van der Waals surface area (Å²) in [6.07, 6.45) is 6.26. The number of carbonyl (C=O) groups is 2. The molecule has 8 heteroatoms. The van der Waals surface area contributed by atoms with Gasteiger partial charge >= 0.3 is 0 Å². The average Bonchev–Trinajstić information content (AvgIpc) is 2.95. The van der Waals surface area contributed by atoms with E-state index in [0.29, 0.717) is 63.9 Å². The maximum atomic E-state index is 12.3. The molecule has 210 valence electrons. The Morgan fingerprint density at radius 3 is 1.29 bits per heavy atom. The summed E-state index contributed by atoms with van der Waals surface area (Å²) in [5.41, 5.74) is 1.26. The van der Waals surface area contributed by atoms with Gasteiger partial charge in [0.15, 0.2) is 0 Å². The molecule has 0 aliphatic heterocycles. The second kappa shape index (κ2) is 19.9. The highest BCUT2D eigenvalue weighted by Gasteiger charge is 2.06. The van der Waals surface area contributed by atoms with Crippen LogP contribution in [0, 0.1) is 0 Å². The lowest BCUT2D eigenvalue weighted by Crippen LogP contribution is -2.24. The molecule has 0 heterocycles. The standard InChI is InChI=1S/C30H44N2O6/c1-3-35-21-23-37-27-15-11-25(12-16-27)29(33)31-19-9-7-5-6-8-10-20-32-30(34)26-13-17-28(18-14-26)38-24-22-36-4-2/h11-18H,3-10,19-24H2,1-2H3,(H,31,33)(H,32,34). The van der Waals surface area contributed by atoms with Gasteiger partial charge < -0.3 is 29.6 Å². The van der Waals surface area contributed by atoms with E-state index in [-0.39, 0.29) is 11.8 Å². The Kier molecular flexibility index (Phi) is 16.3. The Hall–Kier alpha value is -3.10. The number of rotatable bonds is 21. The van der Waals surface area contributed by atoms with Crippen LogP contribution in [0.4, 0.5) is 0 Å². The van der Waals surface area contributed by atoms with Gasteiger partial charge in [-0.05, 0) is 75.2 Å². The number of ether oxygens (including phenoxy) is 4. The summed E-state index contributed by atoms with van der Waals surface area (Å²) < 4.78 is 21.6. The van der Waals surface area contributed by atoms with E-state index >= 15 is 0 Å². The fourth-order valence-corrected chi connectivity index (χ4v) is 3.70. The topological polar surface area (TPSA) is 95.1 Å². The van der Waals surface area contributed by atoms with Crippen molar-refractivity contribution in [3.05, 3.63) is 59.7 Å². The lowest BCUT2D eigenvalue weighted by atomic mass is 10.1. The predicted molar refractivity (Wildman–Crippen MR) is 149 cm³/mol. The first kappa shape index (κ1) is 31.1. The summed E-state index contributed by atoms with van der Waals surface area (Å²) in [6.45, 7) is 8.66. The quantitative estimate of drug-likeness (QED) is 0.221. The lowest BCUT2D eigenvalue weighted by molar-refractivity contribution is 0.0944. The van der Waals surface area contributed by atoms with Gasteiger partial charge in [0.25, 0.3) is 11.8 Å². The molecule has 0 radical (unpaired) electrons. The molecular weight excluding hydrogens is 484 g/mol. The molecule has 38 heavy (non-hydrogen) atoms. The van der Waals surface area contributed by atoms with Crippen LogP contribution in [0.15, 0.2) is 48.5 Å². The van der Waals surface area contributed by atoms with E-state index in [2.05, 4.69) is 10.6 Å². The SMILES string of the molecule is CCOCCOc1ccc(C(=O)NCCCCCCCCNC(=O)c2ccc(OCCOCC)cc2)cc1. The van der Waals surface area contributed by atoms with Crippen molar-refractivity contribution in [1.29, 1.82) is 0 Å². The molecule has 0 saturated heterocycles. The van der Waals surface area contributed by atoms with Crippen molar-refractivity contribution in [2.75, 3.05) is 52.7 Å². The van der Waals surface area contributed by atoms with E-state index < -0.39 is 0 Å². The largest absolute Gasteiger partial charge is 0.491 e. The molecule has 2 aromatic carbocycles. The van der Waals surface area contributed by atoms with Crippen molar-refractivity contribution in [3.8, 4) is 11.5 Å². The number of unbranched alkanes of at least 4 members (excludes halogenated alkanes) is 5. The van der Waals surface area contributed by atoms with E-state index in [1.165, 1.54) is 0 Å². The van der Waals surface area contributed by atoms with Crippen LogP contribution in [0.1, 0.15) is 73.1 Å². The molecule has 2 aromatic rings. The molecule has 2 rings (SSSR count). The Balaban J connectivity index is 1.45. The van der Waals surface area contributed by atoms with Crippen molar-refractivity contribution in [1.82, 2.24) is 10.6 Å². The van der Waals surface area contributed by atoms with Crippen molar-refractivity contribution in [2.24, 2.45) is 0 Å². The van der Waals surface area contributed by atoms with Crippen molar-refractivity contribution in [2.45, 2.75) is 52.4 Å². The van der Waals surface area contributed by atoms with Gasteiger partial charge in [0.05, 0.1) is 13.2 Å². The second-order valence-corrected chi connectivity index (χ2v) is 8.77. The Bertz CT molecular complexity index is 826. The lowest BCUT2D eigenvalue weighted by Gasteiger charge is -2.09. The van der Waals surface area contributed by atoms with Crippen LogP contribution in [-0.2, 0) is 9.47 Å². The highest BCUT2D eigenvalue weighted by Crippen LogP contribution is 2.13. The maximum absolute atomic E-state index is 12.3. The zero-order valence-electron chi connectivity index (χ0n) is 23.0. The Labute approximate surface area is 227 Å². The molecule has 0 aliphatic carbocycles. The summed E-state index contributed by atoms with van der Waals surface area (Å²) in [5, 5.41) is 5.95. The predicted octanol–water partition coefficient (Wildman–Crippen LogP) is 5.02. The van der Waals surface area contributed by atoms with Gasteiger partial charge in [-0.25, -0.2) is 0 Å². The van der Waals surface area contributed by atoms with Crippen LogP contribution in [0.25, 0.3) is 0 Å². The van der Waals surface area contributed by atoms with Gasteiger partial charge in [-0.1, -0.05) is 25.7 Å². The van der Waals surface area contributed by atoms with Gasteiger partial charge in [0.1, 0.15) is 24.7 Å². The molecule has 0 unspecified atom stereocenters. The monoisotopic (exact) mass is 528 g/mol. The molecule has 0 saturated carbocycles. The van der Waals surface area contributed by atoms with E-state index in [1.54, 1.807) is 48.5 Å². The number of hydrogen-bond acceptors (Lipinski definition) is 6. The molecule has 0 fully saturated rings. The smallest absolute Gasteiger partial charge is 0.251 e. The van der Waals surface area contributed by atoms with Gasteiger partial charge in [0, 0.05) is 37.4 Å². The zero-order chi connectivity index (χ0) is 27.3. The van der Waals surface area contributed by atoms with E-state index in [1.807, 2.05) is 13.8 Å². The number of amides is 2. The van der Waals surface area contributed by atoms with Gasteiger partial charge in [0.2, 0.25) is 0 Å². The van der Waals surface area contributed by atoms with Crippen LogP contribution in [0.3, 0.4) is 0 Å². The molecular formula is C30H44N2O6. The second-order valence-electron chi connectivity index (χ2n) is 8.77. The third kappa shape index (κ3) is 13.4. The van der Waals surface area contributed by atoms with Crippen molar-refractivity contribution >= 4 is 11.8 Å². The van der Waals surface area contributed by atoms with E-state index in [4.69, 9.17) is 18.9 Å². The Morgan fingerprint density at radius 2 is 0.921 bits per heavy atom. The van der Waals surface area contributed by atoms with Gasteiger partial charge in [-0.2, -0.15) is 0 Å². The van der Waals surface area contributed by atoms with E-state index in [0.717, 1.165) is 50.0 Å². The minimum absolute atomic E-state index is 0.0645. The Morgan fingerprint density at radius 1 is 0.553 bits per heavy atom. The molecule has 0 aliphatic rings. The molecule has 0 aromatic heterocycles. The summed E-state index contributed by atoms with van der Waals surface area (Å²) >= 11 is 0. The number of carbonyl (C=O) groups excluding carboxylic acids is 2. The van der Waals surface area contributed by atoms with Crippen LogP contribution in [0.5, 0.6) is 11.5 Å². The normalized spacial score (nSPS) is 10.7. The van der Waals surface area contributed by atoms with Gasteiger partial charge in [-0.3, -0.25) is 9.59 Å². The fraction of sp³-hybridized carbons (Fsp3) is 0.533. The molecule has 2 N–H and O–H groups in total. The third-order valence-electron chi connectivity index (χ3n) is 5.81. The first-order chi connectivity index (χ1) is 18.6. The summed E-state index contributed by atoms with van der Waals surface area (Å²) in [7, 11) is 0. The average molecular weight is 529 g/mol. The van der Waals surface area contributed by atoms with Crippen LogP contribution in [0.2, 0.25) is 0 Å². The maximum Gasteiger partial charge on any atom is 0.251 e. The third-order valence-corrected chi connectivity index (χ3v) is 5.81. The molecule has 0 bridgehead atoms. The van der Waals surface area contributed by atoms with Gasteiger partial charge in [-0.15, -0.1) is 0 Å². The van der Waals surface area contributed by atoms with Crippen LogP contribution < -0.4 is 20.1 Å². The highest BCUT2D eigenvalue weighted by molar-refractivity contribution is 5.94. The summed E-state index contributed by atoms with van der Waals surface area (Å²) in [5.74, 6) is 1.33. The van der Waals surface area contributed by atoms with Crippen LogP contribution >= 0.6 is 0 Å². The van der Waals surface area contributed by atoms with E-state index in [9.17, 15) is 9.59 Å². The number of nitrogens with one attached hydrogen (secondary N) is 2. The van der Waals surface area contributed by atoms with Crippen molar-refractivity contribution < 1.29 is 28.5 Å². The molecule has 8 nitrogen and oxygen atoms in total. The highest BCUT2D eigenvalue weighted by atomic mass is 16.5.